The zero-order valence-corrected chi connectivity index (χ0v) is 9.69. The molecule has 0 unspecified atom stereocenters. The topological polar surface area (TPSA) is 12.0 Å². The highest BCUT2D eigenvalue weighted by Gasteiger charge is 2.27. The number of alkyl halides is 3. The lowest BCUT2D eigenvalue weighted by Gasteiger charge is -2.22. The molecule has 0 spiro atoms. The minimum atomic E-state index is -4.10. The Morgan fingerprint density at radius 2 is 1.79 bits per heavy atom. The van der Waals surface area contributed by atoms with Crippen LogP contribution in [-0.4, -0.2) is 24.4 Å². The van der Waals surface area contributed by atoms with Crippen LogP contribution >= 0.6 is 11.8 Å². The van der Waals surface area contributed by atoms with Crippen molar-refractivity contribution in [1.82, 2.24) is 5.32 Å². The lowest BCUT2D eigenvalue weighted by Crippen LogP contribution is -2.30. The monoisotopic (exact) mass is 229 g/mol. The summed E-state index contributed by atoms with van der Waals surface area (Å²) in [4.78, 5) is 0. The first kappa shape index (κ1) is 14.1. The quantitative estimate of drug-likeness (QED) is 0.702. The number of halogens is 3. The third-order valence-corrected chi connectivity index (χ3v) is 2.84. The van der Waals surface area contributed by atoms with E-state index < -0.39 is 5.51 Å². The first-order chi connectivity index (χ1) is 6.27. The predicted molar refractivity (Wildman–Crippen MR) is 55.5 cm³/mol. The molecule has 0 aromatic carbocycles. The van der Waals surface area contributed by atoms with Crippen LogP contribution in [0.4, 0.5) is 13.2 Å². The molecule has 0 radical (unpaired) electrons. The van der Waals surface area contributed by atoms with Gasteiger partial charge in [0.15, 0.2) is 0 Å². The summed E-state index contributed by atoms with van der Waals surface area (Å²) in [5, 5.41) is 3.03. The van der Waals surface area contributed by atoms with Gasteiger partial charge < -0.3 is 5.32 Å². The van der Waals surface area contributed by atoms with Gasteiger partial charge in [-0.2, -0.15) is 13.2 Å². The molecule has 0 aromatic heterocycles. The molecule has 1 nitrogen and oxygen atoms in total. The van der Waals surface area contributed by atoms with Gasteiger partial charge in [0, 0.05) is 18.8 Å². The Bertz CT molecular complexity index is 157. The summed E-state index contributed by atoms with van der Waals surface area (Å²) >= 11 is 0.0292. The molecule has 0 aliphatic rings. The van der Waals surface area contributed by atoms with Gasteiger partial charge in [0.2, 0.25) is 0 Å². The Labute approximate surface area is 87.8 Å². The molecule has 0 aromatic rings. The van der Waals surface area contributed by atoms with E-state index in [0.29, 0.717) is 6.54 Å². The number of rotatable bonds is 6. The summed E-state index contributed by atoms with van der Waals surface area (Å²) in [5.41, 5.74) is -3.93. The van der Waals surface area contributed by atoms with Crippen LogP contribution in [0.15, 0.2) is 0 Å². The van der Waals surface area contributed by atoms with Crippen molar-refractivity contribution in [2.75, 3.05) is 18.8 Å². The maximum Gasteiger partial charge on any atom is 0.441 e. The average molecular weight is 229 g/mol. The Morgan fingerprint density at radius 1 is 1.21 bits per heavy atom. The molecular weight excluding hydrogens is 211 g/mol. The minimum Gasteiger partial charge on any atom is -0.315 e. The van der Waals surface area contributed by atoms with Crippen molar-refractivity contribution in [2.24, 2.45) is 5.41 Å². The largest absolute Gasteiger partial charge is 0.441 e. The van der Waals surface area contributed by atoms with Crippen LogP contribution in [0.25, 0.3) is 0 Å². The molecule has 0 bridgehead atoms. The summed E-state index contributed by atoms with van der Waals surface area (Å²) in [6, 6.07) is 0. The molecule has 0 heterocycles. The van der Waals surface area contributed by atoms with E-state index in [1.807, 2.05) is 0 Å². The molecular formula is C9H18F3NS. The smallest absolute Gasteiger partial charge is 0.315 e. The Kier molecular flexibility index (Phi) is 5.90. The van der Waals surface area contributed by atoms with Gasteiger partial charge in [0.05, 0.1) is 0 Å². The molecule has 0 amide bonds. The van der Waals surface area contributed by atoms with Gasteiger partial charge >= 0.3 is 5.51 Å². The lowest BCUT2D eigenvalue weighted by molar-refractivity contribution is -0.0327. The number of hydrogen-bond acceptors (Lipinski definition) is 2. The van der Waals surface area contributed by atoms with E-state index in [1.54, 1.807) is 0 Å². The van der Waals surface area contributed by atoms with E-state index in [9.17, 15) is 13.2 Å². The molecule has 0 atom stereocenters. The van der Waals surface area contributed by atoms with Crippen LogP contribution in [0.2, 0.25) is 0 Å². The number of thioether (sulfide) groups is 1. The zero-order valence-electron chi connectivity index (χ0n) is 8.87. The van der Waals surface area contributed by atoms with Gasteiger partial charge in [-0.05, 0) is 23.6 Å². The molecule has 86 valence electrons. The fourth-order valence-electron chi connectivity index (χ4n) is 0.791. The molecule has 0 fully saturated rings. The first-order valence-electron chi connectivity index (χ1n) is 4.68. The molecule has 0 saturated carbocycles. The fourth-order valence-corrected chi connectivity index (χ4v) is 1.27. The maximum atomic E-state index is 11.7. The predicted octanol–water partition coefficient (Wildman–Crippen LogP) is 3.27. The highest BCUT2D eigenvalue weighted by molar-refractivity contribution is 8.00. The molecule has 1 N–H and O–H groups in total. The zero-order chi connectivity index (χ0) is 11.2. The van der Waals surface area contributed by atoms with Gasteiger partial charge in [0.1, 0.15) is 0 Å². The van der Waals surface area contributed by atoms with Gasteiger partial charge in [-0.1, -0.05) is 20.8 Å². The maximum absolute atomic E-state index is 11.7. The van der Waals surface area contributed by atoms with E-state index in [-0.39, 0.29) is 22.9 Å². The molecule has 0 aliphatic heterocycles. The standard InChI is InChI=1S/C9H18F3NS/c1-4-8(2,3)7-13-5-6-14-9(10,11)12/h13H,4-7H2,1-3H3. The lowest BCUT2D eigenvalue weighted by atomic mass is 9.90. The van der Waals surface area contributed by atoms with Gasteiger partial charge in [-0.15, -0.1) is 0 Å². The molecule has 0 rings (SSSR count). The van der Waals surface area contributed by atoms with Crippen LogP contribution in [-0.2, 0) is 0 Å². The van der Waals surface area contributed by atoms with Crippen LogP contribution in [0, 0.1) is 5.41 Å². The summed E-state index contributed by atoms with van der Waals surface area (Å²) in [6.45, 7) is 7.44. The summed E-state index contributed by atoms with van der Waals surface area (Å²) in [6.07, 6.45) is 1.02. The third-order valence-electron chi connectivity index (χ3n) is 2.11. The second kappa shape index (κ2) is 5.85. The SMILES string of the molecule is CCC(C)(C)CNCCSC(F)(F)F. The van der Waals surface area contributed by atoms with Crippen molar-refractivity contribution in [1.29, 1.82) is 0 Å². The number of nitrogens with one attached hydrogen (secondary N) is 1. The van der Waals surface area contributed by atoms with Crippen LogP contribution < -0.4 is 5.32 Å². The second-order valence-electron chi connectivity index (χ2n) is 3.99. The second-order valence-corrected chi connectivity index (χ2v) is 5.15. The summed E-state index contributed by atoms with van der Waals surface area (Å²) in [5.74, 6) is 0.0866. The first-order valence-corrected chi connectivity index (χ1v) is 5.67. The van der Waals surface area contributed by atoms with Crippen molar-refractivity contribution < 1.29 is 13.2 Å². The fraction of sp³-hybridized carbons (Fsp3) is 1.00. The Balaban J connectivity index is 3.39. The van der Waals surface area contributed by atoms with E-state index >= 15 is 0 Å². The highest BCUT2D eigenvalue weighted by atomic mass is 32.2. The van der Waals surface area contributed by atoms with Crippen molar-refractivity contribution in [3.8, 4) is 0 Å². The summed E-state index contributed by atoms with van der Waals surface area (Å²) < 4.78 is 35.2. The van der Waals surface area contributed by atoms with E-state index in [0.717, 1.165) is 13.0 Å². The summed E-state index contributed by atoms with van der Waals surface area (Å²) in [7, 11) is 0. The van der Waals surface area contributed by atoms with Gasteiger partial charge in [-0.25, -0.2) is 0 Å². The van der Waals surface area contributed by atoms with Crippen molar-refractivity contribution in [2.45, 2.75) is 32.7 Å². The van der Waals surface area contributed by atoms with Crippen LogP contribution in [0.3, 0.4) is 0 Å². The third kappa shape index (κ3) is 8.69. The highest BCUT2D eigenvalue weighted by Crippen LogP contribution is 2.29. The Morgan fingerprint density at radius 3 is 2.21 bits per heavy atom. The molecule has 5 heteroatoms. The molecule has 14 heavy (non-hydrogen) atoms. The minimum absolute atomic E-state index is 0.0292. The van der Waals surface area contributed by atoms with Crippen molar-refractivity contribution in [3.63, 3.8) is 0 Å². The normalized spacial score (nSPS) is 13.3. The van der Waals surface area contributed by atoms with Gasteiger partial charge in [0.25, 0.3) is 0 Å². The van der Waals surface area contributed by atoms with Gasteiger partial charge in [-0.3, -0.25) is 0 Å². The molecule has 0 aliphatic carbocycles. The van der Waals surface area contributed by atoms with E-state index in [1.165, 1.54) is 0 Å². The number of hydrogen-bond donors (Lipinski definition) is 1. The average Bonchev–Trinajstić information content (AvgIpc) is 2.01. The Hall–Kier alpha value is 0.100. The molecule has 0 saturated heterocycles. The van der Waals surface area contributed by atoms with Crippen molar-refractivity contribution >= 4 is 11.8 Å². The van der Waals surface area contributed by atoms with Crippen LogP contribution in [0.5, 0.6) is 0 Å². The van der Waals surface area contributed by atoms with E-state index in [2.05, 4.69) is 26.1 Å². The van der Waals surface area contributed by atoms with Crippen molar-refractivity contribution in [3.05, 3.63) is 0 Å². The van der Waals surface area contributed by atoms with E-state index in [4.69, 9.17) is 0 Å². The van der Waals surface area contributed by atoms with Crippen LogP contribution in [0.1, 0.15) is 27.2 Å².